The molecule has 0 unspecified atom stereocenters. The minimum Gasteiger partial charge on any atom is -0.398 e. The fourth-order valence-corrected chi connectivity index (χ4v) is 1.74. The number of ketones is 1. The lowest BCUT2D eigenvalue weighted by atomic mass is 10.0. The van der Waals surface area contributed by atoms with Crippen LogP contribution < -0.4 is 5.73 Å². The first-order valence-electron chi connectivity index (χ1n) is 5.93. The Morgan fingerprint density at radius 2 is 1.75 bits per heavy atom. The highest BCUT2D eigenvalue weighted by Gasteiger charge is 2.13. The zero-order valence-corrected chi connectivity index (χ0v) is 10.6. The van der Waals surface area contributed by atoms with Crippen LogP contribution in [0.2, 0.25) is 0 Å². The second-order valence-corrected chi connectivity index (χ2v) is 4.05. The van der Waals surface area contributed by atoms with E-state index in [0.717, 1.165) is 5.56 Å². The van der Waals surface area contributed by atoms with Crippen LogP contribution in [0.15, 0.2) is 65.4 Å². The van der Waals surface area contributed by atoms with Crippen LogP contribution in [0, 0.1) is 0 Å². The summed E-state index contributed by atoms with van der Waals surface area (Å²) in [6.07, 6.45) is 1.54. The second kappa shape index (κ2) is 6.22. The molecular weight excluding hydrogens is 252 g/mol. The van der Waals surface area contributed by atoms with Crippen molar-refractivity contribution in [1.82, 2.24) is 0 Å². The molecule has 2 rings (SSSR count). The molecule has 0 amide bonds. The molecule has 0 aromatic heterocycles. The van der Waals surface area contributed by atoms with Crippen molar-refractivity contribution in [3.63, 3.8) is 0 Å². The first-order valence-corrected chi connectivity index (χ1v) is 5.93. The van der Waals surface area contributed by atoms with Gasteiger partial charge in [0.05, 0.1) is 5.70 Å². The minimum atomic E-state index is -0.398. The molecule has 5 nitrogen and oxygen atoms in total. The van der Waals surface area contributed by atoms with Gasteiger partial charge in [0.25, 0.3) is 0 Å². The molecule has 0 aliphatic carbocycles. The summed E-state index contributed by atoms with van der Waals surface area (Å²) < 4.78 is 0. The average molecular weight is 264 g/mol. The molecular formula is C15H12N4O. The first kappa shape index (κ1) is 13.4. The van der Waals surface area contributed by atoms with Crippen LogP contribution in [-0.4, -0.2) is 5.78 Å². The van der Waals surface area contributed by atoms with Crippen molar-refractivity contribution >= 4 is 17.5 Å². The van der Waals surface area contributed by atoms with Crippen LogP contribution in [0.1, 0.15) is 15.9 Å². The Morgan fingerprint density at radius 1 is 1.10 bits per heavy atom. The highest BCUT2D eigenvalue weighted by Crippen LogP contribution is 2.18. The van der Waals surface area contributed by atoms with Crippen LogP contribution in [-0.2, 0) is 0 Å². The van der Waals surface area contributed by atoms with E-state index in [-0.39, 0.29) is 5.70 Å². The molecule has 0 saturated carbocycles. The van der Waals surface area contributed by atoms with Crippen molar-refractivity contribution in [3.05, 3.63) is 81.9 Å². The van der Waals surface area contributed by atoms with Gasteiger partial charge in [0.2, 0.25) is 0 Å². The van der Waals surface area contributed by atoms with Gasteiger partial charge in [-0.05, 0) is 29.3 Å². The number of benzene rings is 2. The highest BCUT2D eigenvalue weighted by molar-refractivity contribution is 6.13. The van der Waals surface area contributed by atoms with E-state index >= 15 is 0 Å². The molecule has 0 radical (unpaired) electrons. The topological polar surface area (TPSA) is 91.9 Å². The summed E-state index contributed by atoms with van der Waals surface area (Å²) in [7, 11) is 0. The third kappa shape index (κ3) is 3.04. The van der Waals surface area contributed by atoms with E-state index in [2.05, 4.69) is 10.0 Å². The lowest BCUT2D eigenvalue weighted by molar-refractivity contribution is 0.103. The van der Waals surface area contributed by atoms with E-state index in [0.29, 0.717) is 11.3 Å². The number of allylic oxidation sites excluding steroid dienone is 1. The molecule has 0 aliphatic heterocycles. The van der Waals surface area contributed by atoms with Crippen LogP contribution in [0.5, 0.6) is 0 Å². The van der Waals surface area contributed by atoms with Gasteiger partial charge in [-0.25, -0.2) is 0 Å². The molecule has 0 aliphatic rings. The number of azide groups is 1. The fourth-order valence-electron chi connectivity index (χ4n) is 1.74. The highest BCUT2D eigenvalue weighted by atomic mass is 16.1. The van der Waals surface area contributed by atoms with Gasteiger partial charge in [0, 0.05) is 16.2 Å². The molecule has 0 saturated heterocycles. The number of nitrogen functional groups attached to an aromatic ring is 1. The van der Waals surface area contributed by atoms with Crippen molar-refractivity contribution in [2.75, 3.05) is 5.73 Å². The first-order chi connectivity index (χ1) is 9.72. The molecule has 0 spiro atoms. The minimum absolute atomic E-state index is 0.0107. The zero-order valence-electron chi connectivity index (χ0n) is 10.6. The van der Waals surface area contributed by atoms with Crippen LogP contribution in [0.3, 0.4) is 0 Å². The SMILES string of the molecule is [N-]=[N+]=N/C(=C\c1ccccc1)C(=O)c1ccccc1N. The predicted octanol–water partition coefficient (Wildman–Crippen LogP) is 3.80. The quantitative estimate of drug-likeness (QED) is 0.227. The molecule has 2 aromatic carbocycles. The molecule has 20 heavy (non-hydrogen) atoms. The number of anilines is 1. The molecule has 0 heterocycles. The lowest BCUT2D eigenvalue weighted by Gasteiger charge is -2.04. The fraction of sp³-hybridized carbons (Fsp3) is 0. The summed E-state index contributed by atoms with van der Waals surface area (Å²) in [5.74, 6) is -0.398. The summed E-state index contributed by atoms with van der Waals surface area (Å²) in [5.41, 5.74) is 15.8. The van der Waals surface area contributed by atoms with Gasteiger partial charge >= 0.3 is 0 Å². The van der Waals surface area contributed by atoms with E-state index in [1.807, 2.05) is 30.3 Å². The van der Waals surface area contributed by atoms with Crippen LogP contribution >= 0.6 is 0 Å². The van der Waals surface area contributed by atoms with Crippen molar-refractivity contribution < 1.29 is 4.79 Å². The molecule has 0 atom stereocenters. The zero-order chi connectivity index (χ0) is 14.4. The summed E-state index contributed by atoms with van der Waals surface area (Å²) in [6.45, 7) is 0. The summed E-state index contributed by atoms with van der Waals surface area (Å²) >= 11 is 0. The van der Waals surface area contributed by atoms with Crippen LogP contribution in [0.25, 0.3) is 16.5 Å². The standard InChI is InChI=1S/C15H12N4O/c16-13-9-5-4-8-12(13)15(20)14(18-19-17)10-11-6-2-1-3-7-11/h1-10H,16H2/b14-10-. The predicted molar refractivity (Wildman–Crippen MR) is 78.7 cm³/mol. The van der Waals surface area contributed by atoms with Crippen molar-refractivity contribution in [2.24, 2.45) is 5.11 Å². The Hall–Kier alpha value is -3.04. The van der Waals surface area contributed by atoms with Crippen LogP contribution in [0.4, 0.5) is 5.69 Å². The van der Waals surface area contributed by atoms with Crippen molar-refractivity contribution in [3.8, 4) is 0 Å². The number of carbonyl (C=O) groups is 1. The summed E-state index contributed by atoms with van der Waals surface area (Å²) in [5, 5.41) is 3.47. The summed E-state index contributed by atoms with van der Waals surface area (Å²) in [6, 6.07) is 15.8. The van der Waals surface area contributed by atoms with E-state index in [1.165, 1.54) is 6.08 Å². The normalized spacial score (nSPS) is 10.7. The summed E-state index contributed by atoms with van der Waals surface area (Å²) in [4.78, 5) is 15.1. The molecule has 5 heteroatoms. The van der Waals surface area contributed by atoms with Gasteiger partial charge in [0.1, 0.15) is 0 Å². The number of carbonyl (C=O) groups excluding carboxylic acids is 1. The van der Waals surface area contributed by atoms with E-state index in [4.69, 9.17) is 11.3 Å². The molecule has 98 valence electrons. The van der Waals surface area contributed by atoms with Gasteiger partial charge in [-0.3, -0.25) is 4.79 Å². The third-order valence-electron chi connectivity index (χ3n) is 2.69. The lowest BCUT2D eigenvalue weighted by Crippen LogP contribution is -2.05. The maximum absolute atomic E-state index is 12.3. The maximum Gasteiger partial charge on any atom is 0.197 e. The second-order valence-electron chi connectivity index (χ2n) is 4.05. The Labute approximate surface area is 116 Å². The Morgan fingerprint density at radius 3 is 2.40 bits per heavy atom. The molecule has 0 fully saturated rings. The molecule has 0 bridgehead atoms. The van der Waals surface area contributed by atoms with Gasteiger partial charge in [-0.1, -0.05) is 47.6 Å². The number of hydrogen-bond donors (Lipinski definition) is 1. The monoisotopic (exact) mass is 264 g/mol. The van der Waals surface area contributed by atoms with Gasteiger partial charge in [-0.15, -0.1) is 0 Å². The number of nitrogens with two attached hydrogens (primary N) is 1. The maximum atomic E-state index is 12.3. The smallest absolute Gasteiger partial charge is 0.197 e. The van der Waals surface area contributed by atoms with E-state index in [1.54, 1.807) is 24.3 Å². The Kier molecular flexibility index (Phi) is 4.17. The molecule has 2 aromatic rings. The number of hydrogen-bond acceptors (Lipinski definition) is 3. The van der Waals surface area contributed by atoms with Crippen molar-refractivity contribution in [1.29, 1.82) is 0 Å². The average Bonchev–Trinajstić information content (AvgIpc) is 2.48. The Bertz CT molecular complexity index is 701. The number of Topliss-reactive ketones (excluding diaryl/α,β-unsaturated/α-hetero) is 1. The van der Waals surface area contributed by atoms with Crippen molar-refractivity contribution in [2.45, 2.75) is 0 Å². The van der Waals surface area contributed by atoms with Gasteiger partial charge in [-0.2, -0.15) is 0 Å². The number of para-hydroxylation sites is 1. The van der Waals surface area contributed by atoms with E-state index < -0.39 is 5.78 Å². The Balaban J connectivity index is 2.45. The van der Waals surface area contributed by atoms with E-state index in [9.17, 15) is 4.79 Å². The van der Waals surface area contributed by atoms with Gasteiger partial charge in [0.15, 0.2) is 5.78 Å². The third-order valence-corrected chi connectivity index (χ3v) is 2.69. The molecule has 2 N–H and O–H groups in total. The number of nitrogens with zero attached hydrogens (tertiary/aromatic N) is 3. The van der Waals surface area contributed by atoms with Gasteiger partial charge < -0.3 is 5.73 Å². The number of rotatable bonds is 4. The largest absolute Gasteiger partial charge is 0.398 e.